The molecular weight excluding hydrogens is 164 g/mol. The normalized spacial score (nSPS) is 13.6. The van der Waals surface area contributed by atoms with Crippen LogP contribution in [0.15, 0.2) is 12.4 Å². The van der Waals surface area contributed by atoms with Gasteiger partial charge >= 0.3 is 0 Å². The number of hydrogen-bond acceptors (Lipinski definition) is 3. The molecule has 1 heterocycles. The standard InChI is InChI=1S/C9H18N4/c1-4-13-6-5-11-9(13)8(12-10)7(2)3/h5-8,12H,4,10H2,1-3H3. The minimum Gasteiger partial charge on any atom is -0.334 e. The molecule has 0 spiro atoms. The Morgan fingerprint density at radius 3 is 2.77 bits per heavy atom. The Balaban J connectivity index is 2.90. The molecule has 13 heavy (non-hydrogen) atoms. The lowest BCUT2D eigenvalue weighted by atomic mass is 10.0. The third kappa shape index (κ3) is 2.08. The van der Waals surface area contributed by atoms with Crippen molar-refractivity contribution >= 4 is 0 Å². The number of nitrogens with zero attached hydrogens (tertiary/aromatic N) is 2. The predicted molar refractivity (Wildman–Crippen MR) is 52.8 cm³/mol. The van der Waals surface area contributed by atoms with Crippen LogP contribution in [0.1, 0.15) is 32.6 Å². The molecule has 0 saturated carbocycles. The monoisotopic (exact) mass is 182 g/mol. The van der Waals surface area contributed by atoms with E-state index >= 15 is 0 Å². The van der Waals surface area contributed by atoms with Crippen LogP contribution in [0.3, 0.4) is 0 Å². The number of aryl methyl sites for hydroxylation is 1. The van der Waals surface area contributed by atoms with Gasteiger partial charge in [-0.25, -0.2) is 10.4 Å². The second kappa shape index (κ2) is 4.39. The summed E-state index contributed by atoms with van der Waals surface area (Å²) in [5, 5.41) is 0. The summed E-state index contributed by atoms with van der Waals surface area (Å²) in [6.45, 7) is 7.28. The van der Waals surface area contributed by atoms with Crippen LogP contribution in [-0.2, 0) is 6.54 Å². The third-order valence-corrected chi connectivity index (χ3v) is 2.21. The van der Waals surface area contributed by atoms with Gasteiger partial charge in [0.2, 0.25) is 0 Å². The first kappa shape index (κ1) is 10.2. The zero-order valence-electron chi connectivity index (χ0n) is 8.49. The molecule has 0 bridgehead atoms. The quantitative estimate of drug-likeness (QED) is 0.541. The Morgan fingerprint density at radius 1 is 1.62 bits per heavy atom. The molecule has 4 nitrogen and oxygen atoms in total. The molecule has 1 rings (SSSR count). The van der Waals surface area contributed by atoms with Gasteiger partial charge in [0.1, 0.15) is 5.82 Å². The van der Waals surface area contributed by atoms with Crippen molar-refractivity contribution in [2.45, 2.75) is 33.4 Å². The van der Waals surface area contributed by atoms with E-state index in [4.69, 9.17) is 5.84 Å². The van der Waals surface area contributed by atoms with Crippen molar-refractivity contribution in [1.29, 1.82) is 0 Å². The van der Waals surface area contributed by atoms with E-state index in [-0.39, 0.29) is 6.04 Å². The molecule has 3 N–H and O–H groups in total. The zero-order chi connectivity index (χ0) is 9.84. The van der Waals surface area contributed by atoms with Gasteiger partial charge in [0.15, 0.2) is 0 Å². The average Bonchev–Trinajstić information content (AvgIpc) is 2.53. The van der Waals surface area contributed by atoms with Crippen LogP contribution >= 0.6 is 0 Å². The third-order valence-electron chi connectivity index (χ3n) is 2.21. The molecule has 74 valence electrons. The lowest BCUT2D eigenvalue weighted by molar-refractivity contribution is 0.389. The van der Waals surface area contributed by atoms with E-state index in [1.54, 1.807) is 0 Å². The van der Waals surface area contributed by atoms with Crippen molar-refractivity contribution in [1.82, 2.24) is 15.0 Å². The van der Waals surface area contributed by atoms with E-state index in [2.05, 4.69) is 35.7 Å². The molecule has 0 saturated heterocycles. The molecule has 1 unspecified atom stereocenters. The summed E-state index contributed by atoms with van der Waals surface area (Å²) in [5.74, 6) is 6.94. The number of nitrogens with two attached hydrogens (primary N) is 1. The van der Waals surface area contributed by atoms with E-state index in [1.807, 2.05) is 12.4 Å². The Kier molecular flexibility index (Phi) is 3.45. The van der Waals surface area contributed by atoms with Crippen LogP contribution in [0.5, 0.6) is 0 Å². The van der Waals surface area contributed by atoms with Gasteiger partial charge in [-0.3, -0.25) is 5.84 Å². The molecule has 0 aliphatic carbocycles. The summed E-state index contributed by atoms with van der Waals surface area (Å²) in [6, 6.07) is 0.134. The number of nitrogens with one attached hydrogen (secondary N) is 1. The SMILES string of the molecule is CCn1ccnc1C(NN)C(C)C. The van der Waals surface area contributed by atoms with E-state index < -0.39 is 0 Å². The molecule has 0 radical (unpaired) electrons. The first-order chi connectivity index (χ1) is 6.20. The van der Waals surface area contributed by atoms with Gasteiger partial charge in [0.25, 0.3) is 0 Å². The van der Waals surface area contributed by atoms with Crippen LogP contribution in [-0.4, -0.2) is 9.55 Å². The molecule has 0 aliphatic rings. The van der Waals surface area contributed by atoms with Gasteiger partial charge in [-0.15, -0.1) is 0 Å². The average molecular weight is 182 g/mol. The maximum atomic E-state index is 5.49. The number of aromatic nitrogens is 2. The van der Waals surface area contributed by atoms with Crippen LogP contribution in [0.4, 0.5) is 0 Å². The van der Waals surface area contributed by atoms with Crippen molar-refractivity contribution < 1.29 is 0 Å². The van der Waals surface area contributed by atoms with Crippen molar-refractivity contribution in [3.05, 3.63) is 18.2 Å². The minimum absolute atomic E-state index is 0.134. The van der Waals surface area contributed by atoms with Crippen molar-refractivity contribution in [2.24, 2.45) is 11.8 Å². The highest BCUT2D eigenvalue weighted by Gasteiger charge is 2.18. The van der Waals surface area contributed by atoms with E-state index in [0.29, 0.717) is 5.92 Å². The van der Waals surface area contributed by atoms with Crippen LogP contribution in [0.2, 0.25) is 0 Å². The topological polar surface area (TPSA) is 55.9 Å². The second-order valence-electron chi connectivity index (χ2n) is 3.46. The molecule has 0 aliphatic heterocycles. The molecule has 0 aromatic carbocycles. The Bertz CT molecular complexity index is 254. The summed E-state index contributed by atoms with van der Waals surface area (Å²) >= 11 is 0. The number of hydrogen-bond donors (Lipinski definition) is 2. The highest BCUT2D eigenvalue weighted by atomic mass is 15.3. The fourth-order valence-corrected chi connectivity index (χ4v) is 1.43. The Hall–Kier alpha value is -0.870. The number of imidazole rings is 1. The minimum atomic E-state index is 0.134. The summed E-state index contributed by atoms with van der Waals surface area (Å²) < 4.78 is 2.10. The van der Waals surface area contributed by atoms with E-state index in [1.165, 1.54) is 0 Å². The Morgan fingerprint density at radius 2 is 2.31 bits per heavy atom. The van der Waals surface area contributed by atoms with Gasteiger partial charge < -0.3 is 4.57 Å². The smallest absolute Gasteiger partial charge is 0.127 e. The maximum Gasteiger partial charge on any atom is 0.127 e. The number of hydrazine groups is 1. The number of rotatable bonds is 4. The summed E-state index contributed by atoms with van der Waals surface area (Å²) in [5.41, 5.74) is 2.80. The molecule has 0 fully saturated rings. The Labute approximate surface area is 79.1 Å². The van der Waals surface area contributed by atoms with Gasteiger partial charge in [-0.05, 0) is 12.8 Å². The van der Waals surface area contributed by atoms with Gasteiger partial charge in [-0.1, -0.05) is 13.8 Å². The van der Waals surface area contributed by atoms with Crippen LogP contribution < -0.4 is 11.3 Å². The van der Waals surface area contributed by atoms with Crippen LogP contribution in [0.25, 0.3) is 0 Å². The lowest BCUT2D eigenvalue weighted by Crippen LogP contribution is -2.33. The summed E-state index contributed by atoms with van der Waals surface area (Å²) in [7, 11) is 0. The van der Waals surface area contributed by atoms with Crippen molar-refractivity contribution in [2.75, 3.05) is 0 Å². The summed E-state index contributed by atoms with van der Waals surface area (Å²) in [4.78, 5) is 4.30. The highest BCUT2D eigenvalue weighted by Crippen LogP contribution is 2.18. The lowest BCUT2D eigenvalue weighted by Gasteiger charge is -2.19. The van der Waals surface area contributed by atoms with Gasteiger partial charge in [0, 0.05) is 18.9 Å². The fourth-order valence-electron chi connectivity index (χ4n) is 1.43. The molecule has 0 amide bonds. The highest BCUT2D eigenvalue weighted by molar-refractivity contribution is 4.99. The molecular formula is C9H18N4. The van der Waals surface area contributed by atoms with Crippen molar-refractivity contribution in [3.8, 4) is 0 Å². The maximum absolute atomic E-state index is 5.49. The summed E-state index contributed by atoms with van der Waals surface area (Å²) in [6.07, 6.45) is 3.79. The zero-order valence-corrected chi connectivity index (χ0v) is 8.49. The first-order valence-corrected chi connectivity index (χ1v) is 4.67. The van der Waals surface area contributed by atoms with Crippen molar-refractivity contribution in [3.63, 3.8) is 0 Å². The van der Waals surface area contributed by atoms with Gasteiger partial charge in [-0.2, -0.15) is 0 Å². The first-order valence-electron chi connectivity index (χ1n) is 4.67. The van der Waals surface area contributed by atoms with Gasteiger partial charge in [0.05, 0.1) is 6.04 Å². The van der Waals surface area contributed by atoms with Crippen LogP contribution in [0, 0.1) is 5.92 Å². The molecule has 1 atom stereocenters. The largest absolute Gasteiger partial charge is 0.334 e. The molecule has 1 aromatic heterocycles. The molecule has 4 heteroatoms. The van der Waals surface area contributed by atoms with E-state index in [9.17, 15) is 0 Å². The van der Waals surface area contributed by atoms with E-state index in [0.717, 1.165) is 12.4 Å². The fraction of sp³-hybridized carbons (Fsp3) is 0.667. The second-order valence-corrected chi connectivity index (χ2v) is 3.46. The predicted octanol–water partition coefficient (Wildman–Crippen LogP) is 1.06. The molecule has 1 aromatic rings.